The molecule has 1 heterocycles. The molecular formula is C12H10N4O. The number of hydrogen-bond acceptors (Lipinski definition) is 3. The van der Waals surface area contributed by atoms with E-state index in [-0.39, 0.29) is 5.91 Å². The van der Waals surface area contributed by atoms with Crippen molar-refractivity contribution < 1.29 is 4.79 Å². The van der Waals surface area contributed by atoms with Crippen LogP contribution in [-0.4, -0.2) is 15.5 Å². The van der Waals surface area contributed by atoms with Gasteiger partial charge in [0.05, 0.1) is 18.0 Å². The molecule has 1 amide bonds. The van der Waals surface area contributed by atoms with Crippen molar-refractivity contribution in [2.45, 2.75) is 0 Å². The van der Waals surface area contributed by atoms with Gasteiger partial charge in [-0.05, 0) is 24.3 Å². The summed E-state index contributed by atoms with van der Waals surface area (Å²) in [6.45, 7) is 0. The number of nitrogens with one attached hydrogen (secondary N) is 1. The Hall–Kier alpha value is -2.61. The van der Waals surface area contributed by atoms with Crippen LogP contribution in [0.5, 0.6) is 0 Å². The van der Waals surface area contributed by atoms with E-state index in [9.17, 15) is 4.79 Å². The van der Waals surface area contributed by atoms with Gasteiger partial charge >= 0.3 is 0 Å². The molecule has 0 bridgehead atoms. The Morgan fingerprint density at radius 3 is 2.65 bits per heavy atom. The van der Waals surface area contributed by atoms with Crippen molar-refractivity contribution in [2.75, 3.05) is 5.32 Å². The van der Waals surface area contributed by atoms with Crippen LogP contribution in [0.1, 0.15) is 16.1 Å². The smallest absolute Gasteiger partial charge is 0.275 e. The van der Waals surface area contributed by atoms with E-state index < -0.39 is 0 Å². The average molecular weight is 226 g/mol. The molecule has 1 aromatic carbocycles. The summed E-state index contributed by atoms with van der Waals surface area (Å²) in [7, 11) is 1.80. The van der Waals surface area contributed by atoms with Gasteiger partial charge in [0.25, 0.3) is 5.91 Å². The second-order valence-corrected chi connectivity index (χ2v) is 3.57. The molecule has 2 aromatic rings. The monoisotopic (exact) mass is 226 g/mol. The van der Waals surface area contributed by atoms with Gasteiger partial charge in [0.2, 0.25) is 0 Å². The molecule has 0 aliphatic heterocycles. The quantitative estimate of drug-likeness (QED) is 0.844. The number of aryl methyl sites for hydroxylation is 1. The molecule has 0 saturated carbocycles. The summed E-state index contributed by atoms with van der Waals surface area (Å²) in [4.78, 5) is 15.7. The number of nitriles is 1. The highest BCUT2D eigenvalue weighted by Gasteiger charge is 2.08. The van der Waals surface area contributed by atoms with Crippen LogP contribution in [0.4, 0.5) is 5.69 Å². The summed E-state index contributed by atoms with van der Waals surface area (Å²) in [6.07, 6.45) is 3.20. The summed E-state index contributed by atoms with van der Waals surface area (Å²) < 4.78 is 1.70. The first-order chi connectivity index (χ1) is 8.19. The third-order valence-electron chi connectivity index (χ3n) is 2.21. The van der Waals surface area contributed by atoms with Crippen molar-refractivity contribution in [1.82, 2.24) is 9.55 Å². The van der Waals surface area contributed by atoms with Gasteiger partial charge in [-0.15, -0.1) is 0 Å². The van der Waals surface area contributed by atoms with Gasteiger partial charge in [-0.25, -0.2) is 4.98 Å². The summed E-state index contributed by atoms with van der Waals surface area (Å²) >= 11 is 0. The maximum absolute atomic E-state index is 11.7. The van der Waals surface area contributed by atoms with Crippen LogP contribution in [0.3, 0.4) is 0 Å². The Morgan fingerprint density at radius 1 is 1.41 bits per heavy atom. The van der Waals surface area contributed by atoms with Crippen molar-refractivity contribution in [3.63, 3.8) is 0 Å². The van der Waals surface area contributed by atoms with Crippen molar-refractivity contribution in [3.8, 4) is 6.07 Å². The van der Waals surface area contributed by atoms with Gasteiger partial charge in [0, 0.05) is 18.9 Å². The molecule has 0 aliphatic rings. The number of benzene rings is 1. The lowest BCUT2D eigenvalue weighted by Gasteiger charge is -2.02. The maximum Gasteiger partial charge on any atom is 0.275 e. The van der Waals surface area contributed by atoms with Crippen LogP contribution in [-0.2, 0) is 7.05 Å². The van der Waals surface area contributed by atoms with Crippen LogP contribution in [0.2, 0.25) is 0 Å². The Morgan fingerprint density at radius 2 is 2.12 bits per heavy atom. The van der Waals surface area contributed by atoms with E-state index in [4.69, 9.17) is 5.26 Å². The van der Waals surface area contributed by atoms with Crippen molar-refractivity contribution in [1.29, 1.82) is 5.26 Å². The molecule has 0 unspecified atom stereocenters. The first kappa shape index (κ1) is 10.9. The molecule has 1 aromatic heterocycles. The lowest BCUT2D eigenvalue weighted by Crippen LogP contribution is -2.12. The number of carbonyl (C=O) groups excluding carboxylic acids is 1. The number of aromatic nitrogens is 2. The first-order valence-electron chi connectivity index (χ1n) is 4.98. The lowest BCUT2D eigenvalue weighted by atomic mass is 10.2. The molecule has 0 radical (unpaired) electrons. The van der Waals surface area contributed by atoms with Gasteiger partial charge in [-0.3, -0.25) is 4.79 Å². The lowest BCUT2D eigenvalue weighted by molar-refractivity contribution is 0.102. The van der Waals surface area contributed by atoms with E-state index in [2.05, 4.69) is 10.3 Å². The molecular weight excluding hydrogens is 216 g/mol. The summed E-state index contributed by atoms with van der Waals surface area (Å²) in [6, 6.07) is 8.67. The van der Waals surface area contributed by atoms with Crippen molar-refractivity contribution in [3.05, 3.63) is 48.0 Å². The van der Waals surface area contributed by atoms with Gasteiger partial charge in [0.1, 0.15) is 5.69 Å². The second-order valence-electron chi connectivity index (χ2n) is 3.57. The number of hydrogen-bond donors (Lipinski definition) is 1. The molecule has 0 spiro atoms. The highest BCUT2D eigenvalue weighted by Crippen LogP contribution is 2.10. The van der Waals surface area contributed by atoms with Crippen LogP contribution < -0.4 is 5.32 Å². The molecule has 5 nitrogen and oxygen atoms in total. The zero-order valence-corrected chi connectivity index (χ0v) is 9.21. The first-order valence-corrected chi connectivity index (χ1v) is 4.98. The zero-order valence-electron chi connectivity index (χ0n) is 9.21. The number of nitrogens with zero attached hydrogens (tertiary/aromatic N) is 3. The predicted octanol–water partition coefficient (Wildman–Crippen LogP) is 1.54. The fourth-order valence-corrected chi connectivity index (χ4v) is 1.35. The minimum Gasteiger partial charge on any atom is -0.340 e. The molecule has 5 heteroatoms. The van der Waals surface area contributed by atoms with Gasteiger partial charge in [0.15, 0.2) is 0 Å². The number of imidazole rings is 1. The molecule has 2 rings (SSSR count). The Kier molecular flexibility index (Phi) is 2.88. The van der Waals surface area contributed by atoms with Crippen molar-refractivity contribution >= 4 is 11.6 Å². The van der Waals surface area contributed by atoms with Crippen LogP contribution >= 0.6 is 0 Å². The maximum atomic E-state index is 11.7. The SMILES string of the molecule is Cn1cnc(C(=O)Nc2ccc(C#N)cc2)c1. The van der Waals surface area contributed by atoms with E-state index in [1.165, 1.54) is 0 Å². The molecule has 17 heavy (non-hydrogen) atoms. The van der Waals surface area contributed by atoms with Crippen molar-refractivity contribution in [2.24, 2.45) is 7.05 Å². The third kappa shape index (κ3) is 2.49. The predicted molar refractivity (Wildman–Crippen MR) is 62.3 cm³/mol. The minimum atomic E-state index is -0.268. The highest BCUT2D eigenvalue weighted by atomic mass is 16.1. The Balaban J connectivity index is 2.11. The van der Waals surface area contributed by atoms with Crippen LogP contribution in [0.25, 0.3) is 0 Å². The molecule has 84 valence electrons. The average Bonchev–Trinajstić information content (AvgIpc) is 2.77. The van der Waals surface area contributed by atoms with E-state index in [1.54, 1.807) is 48.4 Å². The summed E-state index contributed by atoms with van der Waals surface area (Å²) in [5.41, 5.74) is 1.55. The highest BCUT2D eigenvalue weighted by molar-refractivity contribution is 6.02. The summed E-state index contributed by atoms with van der Waals surface area (Å²) in [5, 5.41) is 11.3. The second kappa shape index (κ2) is 4.49. The molecule has 0 aliphatic carbocycles. The molecule has 1 N–H and O–H groups in total. The molecule has 0 fully saturated rings. The largest absolute Gasteiger partial charge is 0.340 e. The van der Waals surface area contributed by atoms with Gasteiger partial charge < -0.3 is 9.88 Å². The van der Waals surface area contributed by atoms with E-state index >= 15 is 0 Å². The van der Waals surface area contributed by atoms with E-state index in [1.807, 2.05) is 6.07 Å². The molecule has 0 saturated heterocycles. The third-order valence-corrected chi connectivity index (χ3v) is 2.21. The number of rotatable bonds is 2. The Bertz CT molecular complexity index is 577. The number of anilines is 1. The molecule has 0 atom stereocenters. The fraction of sp³-hybridized carbons (Fsp3) is 0.0833. The van der Waals surface area contributed by atoms with Crippen LogP contribution in [0, 0.1) is 11.3 Å². The van der Waals surface area contributed by atoms with E-state index in [0.29, 0.717) is 16.9 Å². The van der Waals surface area contributed by atoms with Gasteiger partial charge in [-0.2, -0.15) is 5.26 Å². The van der Waals surface area contributed by atoms with Crippen LogP contribution in [0.15, 0.2) is 36.8 Å². The number of amides is 1. The Labute approximate surface area is 98.3 Å². The fourth-order valence-electron chi connectivity index (χ4n) is 1.35. The zero-order chi connectivity index (χ0) is 12.3. The standard InChI is InChI=1S/C12H10N4O/c1-16-7-11(14-8-16)12(17)15-10-4-2-9(6-13)3-5-10/h2-5,7-8H,1H3,(H,15,17). The number of carbonyl (C=O) groups is 1. The normalized spacial score (nSPS) is 9.65. The topological polar surface area (TPSA) is 70.7 Å². The van der Waals surface area contributed by atoms with Gasteiger partial charge in [-0.1, -0.05) is 0 Å². The van der Waals surface area contributed by atoms with E-state index in [0.717, 1.165) is 0 Å². The summed E-state index contributed by atoms with van der Waals surface area (Å²) in [5.74, 6) is -0.268. The minimum absolute atomic E-state index is 0.268.